The van der Waals surface area contributed by atoms with E-state index in [4.69, 9.17) is 0 Å². The maximum atomic E-state index is 3.64. The van der Waals surface area contributed by atoms with Crippen LogP contribution in [0.25, 0.3) is 0 Å². The van der Waals surface area contributed by atoms with Crippen molar-refractivity contribution in [2.75, 3.05) is 19.6 Å². The molecule has 2 bridgehead atoms. The number of piperidine rings is 1. The Morgan fingerprint density at radius 2 is 2.00 bits per heavy atom. The number of hydrogen-bond donors (Lipinski definition) is 1. The molecule has 2 aliphatic rings. The van der Waals surface area contributed by atoms with E-state index in [0.717, 1.165) is 6.04 Å². The predicted octanol–water partition coefficient (Wildman–Crippen LogP) is 2.19. The molecular weight excluding hydrogens is 196 g/mol. The van der Waals surface area contributed by atoms with E-state index in [9.17, 15) is 0 Å². The van der Waals surface area contributed by atoms with Crippen molar-refractivity contribution in [2.24, 2.45) is 0 Å². The molecule has 0 radical (unpaired) electrons. The topological polar surface area (TPSA) is 15.3 Å². The van der Waals surface area contributed by atoms with E-state index in [1.165, 1.54) is 44.5 Å². The summed E-state index contributed by atoms with van der Waals surface area (Å²) in [5.41, 5.74) is 1.50. The molecule has 1 N–H and O–H groups in total. The van der Waals surface area contributed by atoms with Crippen molar-refractivity contribution in [2.45, 2.75) is 31.3 Å². The molecule has 2 aliphatic heterocycles. The van der Waals surface area contributed by atoms with Gasteiger partial charge < -0.3 is 5.32 Å². The lowest BCUT2D eigenvalue weighted by molar-refractivity contribution is 0.140. The zero-order valence-electron chi connectivity index (χ0n) is 9.73. The average Bonchev–Trinajstić information content (AvgIpc) is 2.53. The molecule has 0 amide bonds. The standard InChI is InChI=1S/C14H20N2/c1-2-5-12(6-3-1)14-8-7-13-11-16(14)10-4-9-15-13/h1-3,5-6,13-15H,4,7-11H2. The van der Waals surface area contributed by atoms with Gasteiger partial charge in [-0.2, -0.15) is 0 Å². The van der Waals surface area contributed by atoms with Crippen molar-refractivity contribution >= 4 is 0 Å². The van der Waals surface area contributed by atoms with Crippen LogP contribution in [0.15, 0.2) is 30.3 Å². The predicted molar refractivity (Wildman–Crippen MR) is 66.4 cm³/mol. The van der Waals surface area contributed by atoms with E-state index in [1.54, 1.807) is 0 Å². The van der Waals surface area contributed by atoms with E-state index in [-0.39, 0.29) is 0 Å². The van der Waals surface area contributed by atoms with Crippen molar-refractivity contribution in [1.82, 2.24) is 10.2 Å². The third kappa shape index (κ3) is 2.00. The maximum absolute atomic E-state index is 3.64. The van der Waals surface area contributed by atoms with Crippen molar-refractivity contribution in [3.63, 3.8) is 0 Å². The van der Waals surface area contributed by atoms with E-state index >= 15 is 0 Å². The fourth-order valence-corrected chi connectivity index (χ4v) is 3.10. The molecule has 0 saturated carbocycles. The van der Waals surface area contributed by atoms with Crippen LogP contribution in [-0.2, 0) is 0 Å². The SMILES string of the molecule is c1ccc(C2CCC3CN2CCCN3)cc1. The Hall–Kier alpha value is -0.860. The number of rotatable bonds is 1. The van der Waals surface area contributed by atoms with Gasteiger partial charge >= 0.3 is 0 Å². The van der Waals surface area contributed by atoms with Gasteiger partial charge in [-0.3, -0.25) is 4.90 Å². The summed E-state index contributed by atoms with van der Waals surface area (Å²) in [6, 6.07) is 12.4. The molecule has 2 saturated heterocycles. The van der Waals surface area contributed by atoms with E-state index in [1.807, 2.05) is 0 Å². The summed E-state index contributed by atoms with van der Waals surface area (Å²) in [5.74, 6) is 0. The largest absolute Gasteiger partial charge is 0.313 e. The van der Waals surface area contributed by atoms with Crippen molar-refractivity contribution in [3.05, 3.63) is 35.9 Å². The van der Waals surface area contributed by atoms with Gasteiger partial charge in [0.25, 0.3) is 0 Å². The second-order valence-corrected chi connectivity index (χ2v) is 5.00. The molecule has 1 aromatic carbocycles. The lowest BCUT2D eigenvalue weighted by Gasteiger charge is -2.38. The van der Waals surface area contributed by atoms with Crippen LogP contribution in [0.5, 0.6) is 0 Å². The van der Waals surface area contributed by atoms with Gasteiger partial charge in [0.05, 0.1) is 0 Å². The first kappa shape index (κ1) is 10.3. The Morgan fingerprint density at radius 1 is 1.12 bits per heavy atom. The molecule has 2 nitrogen and oxygen atoms in total. The first-order valence-corrected chi connectivity index (χ1v) is 6.46. The summed E-state index contributed by atoms with van der Waals surface area (Å²) in [5, 5.41) is 3.64. The van der Waals surface area contributed by atoms with Crippen molar-refractivity contribution < 1.29 is 0 Å². The molecule has 3 rings (SSSR count). The number of nitrogens with one attached hydrogen (secondary N) is 1. The molecule has 3 atom stereocenters. The minimum absolute atomic E-state index is 0.664. The smallest absolute Gasteiger partial charge is 0.0349 e. The van der Waals surface area contributed by atoms with E-state index in [0.29, 0.717) is 6.04 Å². The Bertz CT molecular complexity index is 336. The van der Waals surface area contributed by atoms with E-state index in [2.05, 4.69) is 40.5 Å². The summed E-state index contributed by atoms with van der Waals surface area (Å²) >= 11 is 0. The molecule has 86 valence electrons. The highest BCUT2D eigenvalue weighted by atomic mass is 15.2. The van der Waals surface area contributed by atoms with Crippen LogP contribution in [0.3, 0.4) is 0 Å². The average molecular weight is 216 g/mol. The highest BCUT2D eigenvalue weighted by Crippen LogP contribution is 2.31. The minimum Gasteiger partial charge on any atom is -0.313 e. The second-order valence-electron chi connectivity index (χ2n) is 5.00. The van der Waals surface area contributed by atoms with Gasteiger partial charge in [0.2, 0.25) is 0 Å². The summed E-state index contributed by atoms with van der Waals surface area (Å²) < 4.78 is 0. The Morgan fingerprint density at radius 3 is 2.88 bits per heavy atom. The number of nitrogens with zero attached hydrogens (tertiary/aromatic N) is 1. The number of fused-ring (bicyclic) bond motifs is 2. The number of benzene rings is 1. The van der Waals surface area contributed by atoms with Crippen molar-refractivity contribution in [3.8, 4) is 0 Å². The normalized spacial score (nSPS) is 34.4. The third-order valence-corrected chi connectivity index (χ3v) is 3.92. The molecule has 2 heteroatoms. The molecule has 0 aromatic heterocycles. The summed E-state index contributed by atoms with van der Waals surface area (Å²) in [6.07, 6.45) is 3.93. The van der Waals surface area contributed by atoms with Crippen LogP contribution in [0.4, 0.5) is 0 Å². The summed E-state index contributed by atoms with van der Waals surface area (Å²) in [4.78, 5) is 2.67. The van der Waals surface area contributed by atoms with Gasteiger partial charge in [-0.1, -0.05) is 30.3 Å². The fourth-order valence-electron chi connectivity index (χ4n) is 3.10. The van der Waals surface area contributed by atoms with Crippen LogP contribution in [0.2, 0.25) is 0 Å². The van der Waals surface area contributed by atoms with Crippen LogP contribution in [0, 0.1) is 0 Å². The molecule has 2 fully saturated rings. The monoisotopic (exact) mass is 216 g/mol. The molecular formula is C14H20N2. The van der Waals surface area contributed by atoms with Crippen LogP contribution in [0.1, 0.15) is 30.9 Å². The molecule has 2 heterocycles. The van der Waals surface area contributed by atoms with Gasteiger partial charge in [0, 0.05) is 25.2 Å². The van der Waals surface area contributed by atoms with E-state index < -0.39 is 0 Å². The highest BCUT2D eigenvalue weighted by molar-refractivity contribution is 5.20. The Labute approximate surface area is 97.6 Å². The molecule has 1 aromatic rings. The Kier molecular flexibility index (Phi) is 2.94. The zero-order chi connectivity index (χ0) is 10.8. The zero-order valence-corrected chi connectivity index (χ0v) is 9.73. The second kappa shape index (κ2) is 4.56. The Balaban J connectivity index is 1.81. The third-order valence-electron chi connectivity index (χ3n) is 3.92. The van der Waals surface area contributed by atoms with Crippen LogP contribution in [-0.4, -0.2) is 30.6 Å². The summed E-state index contributed by atoms with van der Waals surface area (Å²) in [7, 11) is 0. The van der Waals surface area contributed by atoms with Gasteiger partial charge in [-0.05, 0) is 31.4 Å². The first-order valence-electron chi connectivity index (χ1n) is 6.46. The lowest BCUT2D eigenvalue weighted by atomic mass is 9.93. The van der Waals surface area contributed by atoms with Crippen LogP contribution < -0.4 is 5.32 Å². The minimum atomic E-state index is 0.664. The molecule has 0 aliphatic carbocycles. The van der Waals surface area contributed by atoms with Gasteiger partial charge in [-0.25, -0.2) is 0 Å². The molecule has 16 heavy (non-hydrogen) atoms. The quantitative estimate of drug-likeness (QED) is 0.774. The van der Waals surface area contributed by atoms with Gasteiger partial charge in [0.15, 0.2) is 0 Å². The lowest BCUT2D eigenvalue weighted by Crippen LogP contribution is -2.44. The van der Waals surface area contributed by atoms with Gasteiger partial charge in [-0.15, -0.1) is 0 Å². The van der Waals surface area contributed by atoms with Crippen molar-refractivity contribution in [1.29, 1.82) is 0 Å². The highest BCUT2D eigenvalue weighted by Gasteiger charge is 2.30. The first-order chi connectivity index (χ1) is 7.93. The fraction of sp³-hybridized carbons (Fsp3) is 0.571. The number of hydrogen-bond acceptors (Lipinski definition) is 2. The molecule has 3 unspecified atom stereocenters. The maximum Gasteiger partial charge on any atom is 0.0349 e. The summed E-state index contributed by atoms with van der Waals surface area (Å²) in [6.45, 7) is 3.69. The molecule has 0 spiro atoms. The van der Waals surface area contributed by atoms with Crippen LogP contribution >= 0.6 is 0 Å². The van der Waals surface area contributed by atoms with Gasteiger partial charge in [0.1, 0.15) is 0 Å².